The SMILES string of the molecule is CCOc1ccc(CNC(=NC)NC2CCN(C(=O)OC)CC2)cc1F. The first-order valence-electron chi connectivity index (χ1n) is 8.78. The van der Waals surface area contributed by atoms with Crippen LogP contribution in [0.15, 0.2) is 23.2 Å². The molecule has 0 unspecified atom stereocenters. The minimum absolute atomic E-state index is 0.221. The van der Waals surface area contributed by atoms with E-state index in [2.05, 4.69) is 15.6 Å². The van der Waals surface area contributed by atoms with Crippen LogP contribution in [-0.4, -0.2) is 56.8 Å². The highest BCUT2D eigenvalue weighted by Crippen LogP contribution is 2.18. The smallest absolute Gasteiger partial charge is 0.409 e. The van der Waals surface area contributed by atoms with E-state index in [0.29, 0.717) is 32.2 Å². The summed E-state index contributed by atoms with van der Waals surface area (Å²) in [7, 11) is 3.08. The maximum atomic E-state index is 13.9. The lowest BCUT2D eigenvalue weighted by atomic mass is 10.1. The molecular formula is C18H27FN4O3. The molecule has 1 aromatic rings. The number of methoxy groups -OCH3 is 1. The van der Waals surface area contributed by atoms with Crippen molar-refractivity contribution in [3.05, 3.63) is 29.6 Å². The first-order valence-corrected chi connectivity index (χ1v) is 8.78. The molecule has 1 heterocycles. The predicted octanol–water partition coefficient (Wildman–Crippen LogP) is 2.12. The lowest BCUT2D eigenvalue weighted by Gasteiger charge is -2.32. The van der Waals surface area contributed by atoms with Crippen molar-refractivity contribution < 1.29 is 18.7 Å². The molecule has 1 amide bonds. The second-order valence-corrected chi connectivity index (χ2v) is 6.00. The second kappa shape index (κ2) is 9.84. The summed E-state index contributed by atoms with van der Waals surface area (Å²) in [5.74, 6) is 0.538. The van der Waals surface area contributed by atoms with Crippen molar-refractivity contribution in [2.45, 2.75) is 32.4 Å². The largest absolute Gasteiger partial charge is 0.491 e. The molecule has 0 spiro atoms. The number of amides is 1. The van der Waals surface area contributed by atoms with Crippen LogP contribution in [-0.2, 0) is 11.3 Å². The molecule has 0 saturated carbocycles. The van der Waals surface area contributed by atoms with Gasteiger partial charge in [0.25, 0.3) is 0 Å². The lowest BCUT2D eigenvalue weighted by Crippen LogP contribution is -2.49. The van der Waals surface area contributed by atoms with Gasteiger partial charge in [-0.3, -0.25) is 4.99 Å². The first-order chi connectivity index (χ1) is 12.6. The van der Waals surface area contributed by atoms with Gasteiger partial charge < -0.3 is 25.0 Å². The van der Waals surface area contributed by atoms with Crippen molar-refractivity contribution in [2.75, 3.05) is 33.9 Å². The average Bonchev–Trinajstić information content (AvgIpc) is 2.67. The minimum atomic E-state index is -0.371. The quantitative estimate of drug-likeness (QED) is 0.617. The van der Waals surface area contributed by atoms with Gasteiger partial charge in [0.2, 0.25) is 0 Å². The maximum Gasteiger partial charge on any atom is 0.409 e. The van der Waals surface area contributed by atoms with Crippen molar-refractivity contribution in [2.24, 2.45) is 4.99 Å². The van der Waals surface area contributed by atoms with Gasteiger partial charge in [0.15, 0.2) is 17.5 Å². The van der Waals surface area contributed by atoms with Gasteiger partial charge in [0.1, 0.15) is 0 Å². The highest BCUT2D eigenvalue weighted by atomic mass is 19.1. The van der Waals surface area contributed by atoms with E-state index in [1.807, 2.05) is 13.0 Å². The van der Waals surface area contributed by atoms with Gasteiger partial charge in [-0.25, -0.2) is 9.18 Å². The Balaban J connectivity index is 1.81. The van der Waals surface area contributed by atoms with Crippen LogP contribution in [0.25, 0.3) is 0 Å². The molecule has 2 N–H and O–H groups in total. The second-order valence-electron chi connectivity index (χ2n) is 6.00. The summed E-state index contributed by atoms with van der Waals surface area (Å²) in [5, 5.41) is 6.52. The molecule has 0 radical (unpaired) electrons. The highest BCUT2D eigenvalue weighted by Gasteiger charge is 2.23. The number of aliphatic imine (C=N–C) groups is 1. The Labute approximate surface area is 153 Å². The number of halogens is 1. The zero-order valence-electron chi connectivity index (χ0n) is 15.5. The zero-order valence-corrected chi connectivity index (χ0v) is 15.5. The number of hydrogen-bond acceptors (Lipinski definition) is 4. The number of benzene rings is 1. The van der Waals surface area contributed by atoms with Crippen molar-refractivity contribution in [3.63, 3.8) is 0 Å². The number of hydrogen-bond donors (Lipinski definition) is 2. The van der Waals surface area contributed by atoms with Crippen molar-refractivity contribution in [3.8, 4) is 5.75 Å². The molecule has 7 nitrogen and oxygen atoms in total. The van der Waals surface area contributed by atoms with E-state index in [1.165, 1.54) is 13.2 Å². The molecule has 8 heteroatoms. The number of nitrogens with one attached hydrogen (secondary N) is 2. The average molecular weight is 366 g/mol. The van der Waals surface area contributed by atoms with Crippen LogP contribution in [0.1, 0.15) is 25.3 Å². The Hall–Kier alpha value is -2.51. The number of carbonyl (C=O) groups is 1. The zero-order chi connectivity index (χ0) is 18.9. The molecule has 1 fully saturated rings. The van der Waals surface area contributed by atoms with Crippen LogP contribution in [0.4, 0.5) is 9.18 Å². The van der Waals surface area contributed by atoms with Gasteiger partial charge in [-0.1, -0.05) is 6.07 Å². The normalized spacial score (nSPS) is 15.5. The fourth-order valence-corrected chi connectivity index (χ4v) is 2.84. The number of carbonyl (C=O) groups excluding carboxylic acids is 1. The lowest BCUT2D eigenvalue weighted by molar-refractivity contribution is 0.111. The standard InChI is InChI=1S/C18H27FN4O3/c1-4-26-16-6-5-13(11-15(16)19)12-21-17(20-2)22-14-7-9-23(10-8-14)18(24)25-3/h5-6,11,14H,4,7-10,12H2,1-3H3,(H2,20,21,22). The molecule has 26 heavy (non-hydrogen) atoms. The number of ether oxygens (including phenoxy) is 2. The number of guanidine groups is 1. The van der Waals surface area contributed by atoms with Crippen LogP contribution in [0.5, 0.6) is 5.75 Å². The molecule has 1 saturated heterocycles. The van der Waals surface area contributed by atoms with E-state index in [-0.39, 0.29) is 23.7 Å². The van der Waals surface area contributed by atoms with Gasteiger partial charge >= 0.3 is 6.09 Å². The Morgan fingerprint density at radius 2 is 2.12 bits per heavy atom. The van der Waals surface area contributed by atoms with Gasteiger partial charge in [0, 0.05) is 32.7 Å². The van der Waals surface area contributed by atoms with Gasteiger partial charge in [-0.05, 0) is 37.5 Å². The molecule has 144 valence electrons. The Kier molecular flexibility index (Phi) is 7.50. The summed E-state index contributed by atoms with van der Waals surface area (Å²) in [6.45, 7) is 3.99. The van der Waals surface area contributed by atoms with Crippen LogP contribution in [0.3, 0.4) is 0 Å². The van der Waals surface area contributed by atoms with Crippen molar-refractivity contribution in [1.29, 1.82) is 0 Å². The molecule has 2 rings (SSSR count). The molecule has 0 atom stereocenters. The van der Waals surface area contributed by atoms with Crippen molar-refractivity contribution in [1.82, 2.24) is 15.5 Å². The third-order valence-corrected chi connectivity index (χ3v) is 4.25. The number of rotatable bonds is 5. The van der Waals surface area contributed by atoms with E-state index >= 15 is 0 Å². The van der Waals surface area contributed by atoms with E-state index in [0.717, 1.165) is 18.4 Å². The third kappa shape index (κ3) is 5.50. The Morgan fingerprint density at radius 3 is 2.69 bits per heavy atom. The summed E-state index contributed by atoms with van der Waals surface area (Å²) in [5.41, 5.74) is 0.800. The number of nitrogens with zero attached hydrogens (tertiary/aromatic N) is 2. The number of piperidine rings is 1. The molecule has 0 bridgehead atoms. The Bertz CT molecular complexity index is 631. The van der Waals surface area contributed by atoms with E-state index in [9.17, 15) is 9.18 Å². The van der Waals surface area contributed by atoms with Crippen LogP contribution >= 0.6 is 0 Å². The molecule has 0 aromatic heterocycles. The maximum absolute atomic E-state index is 13.9. The van der Waals surface area contributed by atoms with Crippen LogP contribution < -0.4 is 15.4 Å². The summed E-state index contributed by atoms with van der Waals surface area (Å²) in [4.78, 5) is 17.4. The van der Waals surface area contributed by atoms with E-state index < -0.39 is 0 Å². The summed E-state index contributed by atoms with van der Waals surface area (Å²) in [6.07, 6.45) is 1.34. The fourth-order valence-electron chi connectivity index (χ4n) is 2.84. The predicted molar refractivity (Wildman–Crippen MR) is 97.9 cm³/mol. The molecule has 1 aliphatic rings. The topological polar surface area (TPSA) is 75.2 Å². The first kappa shape index (κ1) is 19.8. The summed E-state index contributed by atoms with van der Waals surface area (Å²) < 4.78 is 23.8. The summed E-state index contributed by atoms with van der Waals surface area (Å²) >= 11 is 0. The number of likely N-dealkylation sites (tertiary alicyclic amines) is 1. The van der Waals surface area contributed by atoms with Gasteiger partial charge in [0.05, 0.1) is 13.7 Å². The monoisotopic (exact) mass is 366 g/mol. The molecule has 1 aromatic carbocycles. The fraction of sp³-hybridized carbons (Fsp3) is 0.556. The summed E-state index contributed by atoms with van der Waals surface area (Å²) in [6, 6.07) is 5.14. The molecular weight excluding hydrogens is 339 g/mol. The van der Waals surface area contributed by atoms with Crippen LogP contribution in [0.2, 0.25) is 0 Å². The molecule has 0 aliphatic carbocycles. The van der Waals surface area contributed by atoms with Gasteiger partial charge in [-0.15, -0.1) is 0 Å². The van der Waals surface area contributed by atoms with E-state index in [4.69, 9.17) is 9.47 Å². The molecule has 1 aliphatic heterocycles. The third-order valence-electron chi connectivity index (χ3n) is 4.25. The Morgan fingerprint density at radius 1 is 1.38 bits per heavy atom. The van der Waals surface area contributed by atoms with Crippen LogP contribution in [0, 0.1) is 5.82 Å². The van der Waals surface area contributed by atoms with E-state index in [1.54, 1.807) is 18.0 Å². The van der Waals surface area contributed by atoms with Gasteiger partial charge in [-0.2, -0.15) is 0 Å². The highest BCUT2D eigenvalue weighted by molar-refractivity contribution is 5.80. The minimum Gasteiger partial charge on any atom is -0.491 e. The van der Waals surface area contributed by atoms with Crippen molar-refractivity contribution >= 4 is 12.1 Å².